The van der Waals surface area contributed by atoms with E-state index in [2.05, 4.69) is 20.9 Å². The van der Waals surface area contributed by atoms with Crippen LogP contribution in [0.2, 0.25) is 0 Å². The van der Waals surface area contributed by atoms with Crippen LogP contribution < -0.4 is 5.73 Å². The second kappa shape index (κ2) is 5.63. The van der Waals surface area contributed by atoms with E-state index in [1.807, 2.05) is 17.7 Å². The zero-order valence-corrected chi connectivity index (χ0v) is 11.7. The fourth-order valence-corrected chi connectivity index (χ4v) is 2.30. The van der Waals surface area contributed by atoms with Crippen LogP contribution in [0.25, 0.3) is 0 Å². The maximum atomic E-state index is 13.7. The van der Waals surface area contributed by atoms with E-state index in [9.17, 15) is 4.39 Å². The zero-order chi connectivity index (χ0) is 13.1. The molecule has 2 aromatic rings. The molecule has 1 atom stereocenters. The Morgan fingerprint density at radius 2 is 2.28 bits per heavy atom. The van der Waals surface area contributed by atoms with Gasteiger partial charge in [0.15, 0.2) is 0 Å². The van der Waals surface area contributed by atoms with Crippen molar-refractivity contribution in [3.05, 3.63) is 52.3 Å². The van der Waals surface area contributed by atoms with Gasteiger partial charge in [0.25, 0.3) is 0 Å². The molecular weight excluding hydrogens is 297 g/mol. The summed E-state index contributed by atoms with van der Waals surface area (Å²) in [5.74, 6) is 0.602. The van der Waals surface area contributed by atoms with E-state index >= 15 is 0 Å². The van der Waals surface area contributed by atoms with Gasteiger partial charge in [0.05, 0.1) is 0 Å². The molecule has 0 amide bonds. The van der Waals surface area contributed by atoms with Crippen molar-refractivity contribution in [2.45, 2.75) is 25.9 Å². The predicted molar refractivity (Wildman–Crippen MR) is 72.6 cm³/mol. The Hall–Kier alpha value is -1.20. The molecule has 0 aliphatic heterocycles. The SMILES string of the molecule is CCn1ccnc1CC(N)c1cc(Br)ccc1F. The molecule has 96 valence electrons. The van der Waals surface area contributed by atoms with Crippen molar-refractivity contribution < 1.29 is 4.39 Å². The predicted octanol–water partition coefficient (Wildman–Crippen LogP) is 3.05. The molecule has 0 bridgehead atoms. The number of aryl methyl sites for hydroxylation is 1. The van der Waals surface area contributed by atoms with Crippen LogP contribution in [0.15, 0.2) is 35.1 Å². The quantitative estimate of drug-likeness (QED) is 0.943. The highest BCUT2D eigenvalue weighted by atomic mass is 79.9. The molecule has 0 radical (unpaired) electrons. The van der Waals surface area contributed by atoms with Gasteiger partial charge in [-0.15, -0.1) is 0 Å². The van der Waals surface area contributed by atoms with Crippen molar-refractivity contribution in [3.63, 3.8) is 0 Å². The highest BCUT2D eigenvalue weighted by Gasteiger charge is 2.15. The number of hydrogen-bond donors (Lipinski definition) is 1. The van der Waals surface area contributed by atoms with E-state index in [1.54, 1.807) is 18.3 Å². The van der Waals surface area contributed by atoms with Crippen molar-refractivity contribution in [2.75, 3.05) is 0 Å². The fraction of sp³-hybridized carbons (Fsp3) is 0.308. The third kappa shape index (κ3) is 2.79. The molecule has 1 unspecified atom stereocenters. The summed E-state index contributed by atoms with van der Waals surface area (Å²) in [6, 6.07) is 4.42. The summed E-state index contributed by atoms with van der Waals surface area (Å²) >= 11 is 3.33. The second-order valence-electron chi connectivity index (χ2n) is 4.11. The maximum absolute atomic E-state index is 13.7. The summed E-state index contributed by atoms with van der Waals surface area (Å²) in [6.07, 6.45) is 4.16. The van der Waals surface area contributed by atoms with Gasteiger partial charge in [0, 0.05) is 41.4 Å². The van der Waals surface area contributed by atoms with Crippen LogP contribution in [-0.2, 0) is 13.0 Å². The smallest absolute Gasteiger partial charge is 0.128 e. The molecule has 1 aromatic carbocycles. The monoisotopic (exact) mass is 311 g/mol. The molecule has 0 saturated carbocycles. The average molecular weight is 312 g/mol. The largest absolute Gasteiger partial charge is 0.335 e. The zero-order valence-electron chi connectivity index (χ0n) is 10.1. The maximum Gasteiger partial charge on any atom is 0.128 e. The Labute approximate surface area is 114 Å². The van der Waals surface area contributed by atoms with Crippen LogP contribution >= 0.6 is 15.9 Å². The molecule has 18 heavy (non-hydrogen) atoms. The lowest BCUT2D eigenvalue weighted by Gasteiger charge is -2.14. The summed E-state index contributed by atoms with van der Waals surface area (Å²) in [4.78, 5) is 4.25. The first-order valence-corrected chi connectivity index (χ1v) is 6.61. The van der Waals surface area contributed by atoms with Gasteiger partial charge in [0.2, 0.25) is 0 Å². The molecule has 0 saturated heterocycles. The van der Waals surface area contributed by atoms with Crippen LogP contribution in [0.5, 0.6) is 0 Å². The van der Waals surface area contributed by atoms with Gasteiger partial charge < -0.3 is 10.3 Å². The summed E-state index contributed by atoms with van der Waals surface area (Å²) in [7, 11) is 0. The van der Waals surface area contributed by atoms with E-state index in [-0.39, 0.29) is 5.82 Å². The van der Waals surface area contributed by atoms with Crippen molar-refractivity contribution in [1.82, 2.24) is 9.55 Å². The number of rotatable bonds is 4. The van der Waals surface area contributed by atoms with Crippen LogP contribution in [0.3, 0.4) is 0 Å². The van der Waals surface area contributed by atoms with Gasteiger partial charge in [-0.05, 0) is 25.1 Å². The van der Waals surface area contributed by atoms with Gasteiger partial charge in [0.1, 0.15) is 11.6 Å². The van der Waals surface area contributed by atoms with Crippen molar-refractivity contribution in [1.29, 1.82) is 0 Å². The highest BCUT2D eigenvalue weighted by Crippen LogP contribution is 2.22. The molecule has 0 spiro atoms. The van der Waals surface area contributed by atoms with E-state index in [0.717, 1.165) is 16.8 Å². The molecule has 2 rings (SSSR count). The molecule has 1 heterocycles. The Balaban J connectivity index is 2.21. The van der Waals surface area contributed by atoms with Crippen molar-refractivity contribution in [3.8, 4) is 0 Å². The van der Waals surface area contributed by atoms with E-state index in [4.69, 9.17) is 5.73 Å². The number of hydrogen-bond acceptors (Lipinski definition) is 2. The van der Waals surface area contributed by atoms with Gasteiger partial charge in [-0.3, -0.25) is 0 Å². The first-order valence-electron chi connectivity index (χ1n) is 5.82. The number of halogens is 2. The van der Waals surface area contributed by atoms with Crippen LogP contribution in [-0.4, -0.2) is 9.55 Å². The highest BCUT2D eigenvalue weighted by molar-refractivity contribution is 9.10. The van der Waals surface area contributed by atoms with Crippen molar-refractivity contribution >= 4 is 15.9 Å². The molecular formula is C13H15BrFN3. The molecule has 0 aliphatic rings. The number of aromatic nitrogens is 2. The molecule has 5 heteroatoms. The summed E-state index contributed by atoms with van der Waals surface area (Å²) in [5, 5.41) is 0. The Morgan fingerprint density at radius 1 is 1.50 bits per heavy atom. The fourth-order valence-electron chi connectivity index (χ4n) is 1.92. The second-order valence-corrected chi connectivity index (χ2v) is 5.02. The summed E-state index contributed by atoms with van der Waals surface area (Å²) in [6.45, 7) is 2.87. The van der Waals surface area contributed by atoms with Crippen molar-refractivity contribution in [2.24, 2.45) is 5.73 Å². The Bertz CT molecular complexity index is 539. The average Bonchev–Trinajstić information content (AvgIpc) is 2.79. The molecule has 0 fully saturated rings. The summed E-state index contributed by atoms with van der Waals surface area (Å²) < 4.78 is 16.5. The Kier molecular flexibility index (Phi) is 4.14. The normalized spacial score (nSPS) is 12.7. The lowest BCUT2D eigenvalue weighted by Crippen LogP contribution is -2.17. The topological polar surface area (TPSA) is 43.8 Å². The number of benzene rings is 1. The molecule has 1 aromatic heterocycles. The van der Waals surface area contributed by atoms with Gasteiger partial charge in [-0.2, -0.15) is 0 Å². The lowest BCUT2D eigenvalue weighted by molar-refractivity contribution is 0.564. The molecule has 2 N–H and O–H groups in total. The first kappa shape index (κ1) is 13.2. The van der Waals surface area contributed by atoms with Gasteiger partial charge in [-0.25, -0.2) is 9.37 Å². The number of nitrogens with zero attached hydrogens (tertiary/aromatic N) is 2. The number of nitrogens with two attached hydrogens (primary N) is 1. The van der Waals surface area contributed by atoms with Gasteiger partial charge in [-0.1, -0.05) is 15.9 Å². The minimum absolute atomic E-state index is 0.277. The van der Waals surface area contributed by atoms with E-state index in [0.29, 0.717) is 12.0 Å². The Morgan fingerprint density at radius 3 is 3.00 bits per heavy atom. The first-order chi connectivity index (χ1) is 8.61. The van der Waals surface area contributed by atoms with E-state index in [1.165, 1.54) is 6.07 Å². The minimum Gasteiger partial charge on any atom is -0.335 e. The van der Waals surface area contributed by atoms with E-state index < -0.39 is 6.04 Å². The van der Waals surface area contributed by atoms with Crippen LogP contribution in [0.1, 0.15) is 24.4 Å². The number of imidazole rings is 1. The van der Waals surface area contributed by atoms with Crippen LogP contribution in [0.4, 0.5) is 4.39 Å². The van der Waals surface area contributed by atoms with Crippen LogP contribution in [0, 0.1) is 5.82 Å². The molecule has 0 aliphatic carbocycles. The standard InChI is InChI=1S/C13H15BrFN3/c1-2-18-6-5-17-13(18)8-12(16)10-7-9(14)3-4-11(10)15/h3-7,12H,2,8,16H2,1H3. The lowest BCUT2D eigenvalue weighted by atomic mass is 10.0. The molecule has 3 nitrogen and oxygen atoms in total. The third-order valence-electron chi connectivity index (χ3n) is 2.90. The summed E-state index contributed by atoms with van der Waals surface area (Å²) in [5.41, 5.74) is 6.57. The third-order valence-corrected chi connectivity index (χ3v) is 3.40. The minimum atomic E-state index is -0.393. The van der Waals surface area contributed by atoms with Gasteiger partial charge >= 0.3 is 0 Å².